The van der Waals surface area contributed by atoms with E-state index in [2.05, 4.69) is 16.0 Å². The summed E-state index contributed by atoms with van der Waals surface area (Å²) in [6.07, 6.45) is 2.52. The van der Waals surface area contributed by atoms with Gasteiger partial charge in [-0.05, 0) is 23.9 Å². The standard InChI is InChI=1S/C20H18N4OS/c21-13-15-14-22-17-6-2-1-5-16(17)19(15)23-8-4-9-24(11-10-23)20(25)18-7-3-12-26-18/h1-3,5-7,12,14H,4,8-11H2. The van der Waals surface area contributed by atoms with E-state index in [0.29, 0.717) is 18.7 Å². The van der Waals surface area contributed by atoms with Crippen molar-refractivity contribution in [2.45, 2.75) is 6.42 Å². The Morgan fingerprint density at radius 2 is 2.00 bits per heavy atom. The van der Waals surface area contributed by atoms with Crippen LogP contribution in [0.3, 0.4) is 0 Å². The zero-order chi connectivity index (χ0) is 17.9. The predicted octanol–water partition coefficient (Wildman–Crippen LogP) is 3.52. The molecule has 0 aliphatic carbocycles. The smallest absolute Gasteiger partial charge is 0.263 e. The molecule has 3 aromatic rings. The Hall–Kier alpha value is -2.91. The van der Waals surface area contributed by atoms with Crippen LogP contribution in [0.25, 0.3) is 10.9 Å². The molecule has 2 aromatic heterocycles. The van der Waals surface area contributed by atoms with Crippen LogP contribution in [0.2, 0.25) is 0 Å². The zero-order valence-corrected chi connectivity index (χ0v) is 15.1. The lowest BCUT2D eigenvalue weighted by atomic mass is 10.1. The van der Waals surface area contributed by atoms with E-state index in [-0.39, 0.29) is 5.91 Å². The van der Waals surface area contributed by atoms with Gasteiger partial charge in [-0.25, -0.2) is 0 Å². The van der Waals surface area contributed by atoms with Crippen LogP contribution in [0.15, 0.2) is 48.0 Å². The van der Waals surface area contributed by atoms with Gasteiger partial charge in [-0.1, -0.05) is 24.3 Å². The Balaban J connectivity index is 1.63. The number of hydrogen-bond acceptors (Lipinski definition) is 5. The molecule has 0 unspecified atom stereocenters. The van der Waals surface area contributed by atoms with Crippen molar-refractivity contribution < 1.29 is 4.79 Å². The third kappa shape index (κ3) is 3.02. The van der Waals surface area contributed by atoms with E-state index in [9.17, 15) is 10.1 Å². The second-order valence-electron chi connectivity index (χ2n) is 6.26. The highest BCUT2D eigenvalue weighted by Gasteiger charge is 2.23. The summed E-state index contributed by atoms with van der Waals surface area (Å²) in [5.41, 5.74) is 2.41. The number of nitrogens with zero attached hydrogens (tertiary/aromatic N) is 4. The fourth-order valence-corrected chi connectivity index (χ4v) is 4.14. The van der Waals surface area contributed by atoms with Crippen molar-refractivity contribution in [3.63, 3.8) is 0 Å². The molecule has 1 aromatic carbocycles. The van der Waals surface area contributed by atoms with Gasteiger partial charge in [-0.2, -0.15) is 5.26 Å². The summed E-state index contributed by atoms with van der Waals surface area (Å²) in [7, 11) is 0. The molecule has 0 bridgehead atoms. The third-order valence-corrected chi connectivity index (χ3v) is 5.56. The summed E-state index contributed by atoms with van der Waals surface area (Å²) in [5.74, 6) is 0.0990. The lowest BCUT2D eigenvalue weighted by Crippen LogP contribution is -2.35. The number of aromatic nitrogens is 1. The molecule has 0 N–H and O–H groups in total. The summed E-state index contributed by atoms with van der Waals surface area (Å²) in [5, 5.41) is 12.5. The van der Waals surface area contributed by atoms with E-state index >= 15 is 0 Å². The first-order valence-corrected chi connectivity index (χ1v) is 9.51. The summed E-state index contributed by atoms with van der Waals surface area (Å²) in [4.78, 5) is 22.0. The summed E-state index contributed by atoms with van der Waals surface area (Å²) in [6.45, 7) is 2.91. The van der Waals surface area contributed by atoms with Crippen LogP contribution in [-0.2, 0) is 0 Å². The van der Waals surface area contributed by atoms with Crippen LogP contribution < -0.4 is 4.90 Å². The van der Waals surface area contributed by atoms with Gasteiger partial charge in [0.15, 0.2) is 0 Å². The summed E-state index contributed by atoms with van der Waals surface area (Å²) >= 11 is 1.48. The monoisotopic (exact) mass is 362 g/mol. The molecular weight excluding hydrogens is 344 g/mol. The number of benzene rings is 1. The van der Waals surface area contributed by atoms with Gasteiger partial charge in [-0.3, -0.25) is 9.78 Å². The number of nitriles is 1. The molecule has 6 heteroatoms. The number of carbonyl (C=O) groups is 1. The molecule has 0 spiro atoms. The maximum atomic E-state index is 12.6. The first-order chi connectivity index (χ1) is 12.8. The molecule has 0 saturated carbocycles. The van der Waals surface area contributed by atoms with Gasteiger partial charge in [0.2, 0.25) is 0 Å². The fraction of sp³-hybridized carbons (Fsp3) is 0.250. The quantitative estimate of drug-likeness (QED) is 0.700. The maximum absolute atomic E-state index is 12.6. The van der Waals surface area contributed by atoms with Gasteiger partial charge >= 0.3 is 0 Å². The molecule has 5 nitrogen and oxygen atoms in total. The van der Waals surface area contributed by atoms with Gasteiger partial charge in [0.25, 0.3) is 5.91 Å². The number of thiophene rings is 1. The Morgan fingerprint density at radius 3 is 2.81 bits per heavy atom. The first-order valence-electron chi connectivity index (χ1n) is 8.63. The molecule has 1 amide bonds. The van der Waals surface area contributed by atoms with Crippen molar-refractivity contribution in [1.82, 2.24) is 9.88 Å². The van der Waals surface area contributed by atoms with Crippen LogP contribution in [0, 0.1) is 11.3 Å². The second-order valence-corrected chi connectivity index (χ2v) is 7.21. The van der Waals surface area contributed by atoms with Gasteiger partial charge in [0, 0.05) is 37.8 Å². The van der Waals surface area contributed by atoms with Crippen LogP contribution >= 0.6 is 11.3 Å². The van der Waals surface area contributed by atoms with Crippen LogP contribution in [0.4, 0.5) is 5.69 Å². The number of para-hydroxylation sites is 1. The van der Waals surface area contributed by atoms with Gasteiger partial charge in [0.1, 0.15) is 6.07 Å². The van der Waals surface area contributed by atoms with Crippen molar-refractivity contribution in [3.05, 3.63) is 58.4 Å². The zero-order valence-electron chi connectivity index (χ0n) is 14.3. The molecule has 26 heavy (non-hydrogen) atoms. The van der Waals surface area contributed by atoms with Crippen molar-refractivity contribution >= 4 is 33.8 Å². The van der Waals surface area contributed by atoms with Gasteiger partial charge < -0.3 is 9.80 Å². The second kappa shape index (κ2) is 7.14. The number of anilines is 1. The van der Waals surface area contributed by atoms with Crippen LogP contribution in [0.1, 0.15) is 21.7 Å². The third-order valence-electron chi connectivity index (χ3n) is 4.70. The van der Waals surface area contributed by atoms with E-state index in [4.69, 9.17) is 0 Å². The van der Waals surface area contributed by atoms with Crippen molar-refractivity contribution in [2.75, 3.05) is 31.1 Å². The SMILES string of the molecule is N#Cc1cnc2ccccc2c1N1CCCN(C(=O)c2cccs2)CC1. The number of pyridine rings is 1. The minimum Gasteiger partial charge on any atom is -0.368 e. The Kier molecular flexibility index (Phi) is 4.55. The normalized spacial score (nSPS) is 14.9. The van der Waals surface area contributed by atoms with Crippen molar-refractivity contribution in [3.8, 4) is 6.07 Å². The number of fused-ring (bicyclic) bond motifs is 1. The van der Waals surface area contributed by atoms with E-state index in [1.54, 1.807) is 6.20 Å². The Labute approximate surface area is 156 Å². The van der Waals surface area contributed by atoms with E-state index in [0.717, 1.165) is 41.0 Å². The largest absolute Gasteiger partial charge is 0.368 e. The highest BCUT2D eigenvalue weighted by molar-refractivity contribution is 7.12. The molecule has 1 fully saturated rings. The summed E-state index contributed by atoms with van der Waals surface area (Å²) in [6, 6.07) is 14.0. The minimum atomic E-state index is 0.0990. The van der Waals surface area contributed by atoms with E-state index in [1.807, 2.05) is 46.7 Å². The molecule has 4 rings (SSSR count). The Bertz CT molecular complexity index is 977. The van der Waals surface area contributed by atoms with E-state index < -0.39 is 0 Å². The lowest BCUT2D eigenvalue weighted by molar-refractivity contribution is 0.0772. The van der Waals surface area contributed by atoms with Crippen molar-refractivity contribution in [2.24, 2.45) is 0 Å². The average molecular weight is 362 g/mol. The number of hydrogen-bond donors (Lipinski definition) is 0. The molecule has 130 valence electrons. The topological polar surface area (TPSA) is 60.2 Å². The number of carbonyl (C=O) groups excluding carboxylic acids is 1. The van der Waals surface area contributed by atoms with Crippen LogP contribution in [0.5, 0.6) is 0 Å². The predicted molar refractivity (Wildman–Crippen MR) is 104 cm³/mol. The molecule has 1 aliphatic rings. The van der Waals surface area contributed by atoms with E-state index in [1.165, 1.54) is 11.3 Å². The molecule has 3 heterocycles. The lowest BCUT2D eigenvalue weighted by Gasteiger charge is -2.25. The minimum absolute atomic E-state index is 0.0990. The average Bonchev–Trinajstić information content (AvgIpc) is 3.12. The van der Waals surface area contributed by atoms with Gasteiger partial charge in [0.05, 0.1) is 21.6 Å². The molecule has 0 atom stereocenters. The van der Waals surface area contributed by atoms with Crippen molar-refractivity contribution in [1.29, 1.82) is 5.26 Å². The first kappa shape index (κ1) is 16.6. The summed E-state index contributed by atoms with van der Waals surface area (Å²) < 4.78 is 0. The molecule has 0 radical (unpaired) electrons. The van der Waals surface area contributed by atoms with Crippen LogP contribution in [-0.4, -0.2) is 42.0 Å². The highest BCUT2D eigenvalue weighted by Crippen LogP contribution is 2.30. The molecule has 1 aliphatic heterocycles. The Morgan fingerprint density at radius 1 is 1.12 bits per heavy atom. The van der Waals surface area contributed by atoms with Gasteiger partial charge in [-0.15, -0.1) is 11.3 Å². The fourth-order valence-electron chi connectivity index (χ4n) is 3.45. The number of amides is 1. The molecular formula is C20H18N4OS. The maximum Gasteiger partial charge on any atom is 0.263 e. The highest BCUT2D eigenvalue weighted by atomic mass is 32.1. The molecule has 1 saturated heterocycles. The number of rotatable bonds is 2.